The highest BCUT2D eigenvalue weighted by atomic mass is 15.2. The van der Waals surface area contributed by atoms with Crippen molar-refractivity contribution in [1.29, 1.82) is 0 Å². The van der Waals surface area contributed by atoms with E-state index < -0.39 is 0 Å². The monoisotopic (exact) mass is 1140 g/mol. The van der Waals surface area contributed by atoms with Crippen LogP contribution in [0.5, 0.6) is 0 Å². The van der Waals surface area contributed by atoms with E-state index in [1.807, 2.05) is 0 Å². The maximum Gasteiger partial charge on any atom is 0.252 e. The van der Waals surface area contributed by atoms with E-state index in [1.165, 1.54) is 139 Å². The lowest BCUT2D eigenvalue weighted by Gasteiger charge is -2.51. The second-order valence-corrected chi connectivity index (χ2v) is 29.4. The number of para-hydroxylation sites is 2. The van der Waals surface area contributed by atoms with Crippen molar-refractivity contribution >= 4 is 119 Å². The molecule has 4 aliphatic heterocycles. The number of nitrogens with zero attached hydrogens (tertiary/aromatic N) is 4. The topological polar surface area (TPSA) is 14.7 Å². The SMILES string of the molecule is CC(C)(C)c1ccc2c(c1)B1c3cc(C(C)(C)C)cc4c3N(c3cc(C(C)(C)C)cc(c31)N2c1ccc(-c2ccccc2)cc1)c1cc(C(C)(C)C)cc2c1B4c1ccc(-n3c4ccccc4c4ccccc43)cc1N2c1ccc(-c2ccccc2)cc1. The fourth-order valence-corrected chi connectivity index (χ4v) is 15.0. The molecule has 0 saturated carbocycles. The molecule has 0 aliphatic carbocycles. The predicted octanol–water partition coefficient (Wildman–Crippen LogP) is 18.0. The van der Waals surface area contributed by atoms with E-state index in [1.54, 1.807) is 0 Å². The standard InChI is InChI=1S/C82H74B2N4/c1-79(2,3)55-35-42-70-65(43-55)84-67-45-56(80(4,5)6)44-66-78(67)88(75-49-57(81(7,8)9)46-72(77(75)84)85(70)59-36-31-53(32-37-59)51-23-15-13-16-24-51)74-48-58(82(10,11)12)47-73-76(74)83(66)64-41-40-61(87-68-29-21-19-27-62(68)63-28-20-22-30-69(63)87)50-71(64)86(73)60-38-33-54(34-39-60)52-25-17-14-18-26-52/h13-50H,1-12H3. The number of hydrogen-bond acceptors (Lipinski definition) is 3. The van der Waals surface area contributed by atoms with Gasteiger partial charge in [-0.1, -0.05) is 235 Å². The normalized spacial score (nSPS) is 14.0. The van der Waals surface area contributed by atoms with Crippen LogP contribution in [0.1, 0.15) is 105 Å². The molecular weight excluding hydrogens is 1060 g/mol. The van der Waals surface area contributed by atoms with Crippen molar-refractivity contribution in [2.45, 2.75) is 105 Å². The van der Waals surface area contributed by atoms with Crippen LogP contribution in [0.25, 0.3) is 49.7 Å². The van der Waals surface area contributed by atoms with Crippen molar-refractivity contribution in [1.82, 2.24) is 4.57 Å². The lowest BCUT2D eigenvalue weighted by molar-refractivity contribution is 0.589. The maximum atomic E-state index is 2.77. The summed E-state index contributed by atoms with van der Waals surface area (Å²) in [5.41, 5.74) is 32.2. The number of fused-ring (bicyclic) bond motifs is 11. The molecule has 88 heavy (non-hydrogen) atoms. The zero-order chi connectivity index (χ0) is 60.5. The minimum atomic E-state index is -0.204. The van der Waals surface area contributed by atoms with E-state index in [9.17, 15) is 0 Å². The second kappa shape index (κ2) is 19.1. The molecule has 6 heteroatoms. The summed E-state index contributed by atoms with van der Waals surface area (Å²) < 4.78 is 2.49. The Labute approximate surface area is 520 Å². The van der Waals surface area contributed by atoms with Crippen LogP contribution in [0.3, 0.4) is 0 Å². The van der Waals surface area contributed by atoms with Crippen molar-refractivity contribution in [2.24, 2.45) is 0 Å². The number of hydrogen-bond donors (Lipinski definition) is 0. The van der Waals surface area contributed by atoms with Gasteiger partial charge >= 0.3 is 0 Å². The summed E-state index contributed by atoms with van der Waals surface area (Å²) in [5, 5.41) is 2.51. The predicted molar refractivity (Wildman–Crippen MR) is 380 cm³/mol. The third kappa shape index (κ3) is 8.27. The minimum Gasteiger partial charge on any atom is -0.312 e. The molecule has 12 aromatic rings. The molecule has 0 N–H and O–H groups in total. The first-order valence-electron chi connectivity index (χ1n) is 31.7. The molecule has 0 saturated heterocycles. The van der Waals surface area contributed by atoms with Gasteiger partial charge in [0.2, 0.25) is 0 Å². The zero-order valence-electron chi connectivity index (χ0n) is 52.9. The summed E-state index contributed by atoms with van der Waals surface area (Å²) in [7, 11) is 0. The molecule has 0 radical (unpaired) electrons. The third-order valence-corrected chi connectivity index (χ3v) is 19.7. The van der Waals surface area contributed by atoms with Crippen LogP contribution >= 0.6 is 0 Å². The van der Waals surface area contributed by atoms with Gasteiger partial charge < -0.3 is 19.3 Å². The van der Waals surface area contributed by atoms with Gasteiger partial charge in [-0.3, -0.25) is 0 Å². The molecule has 5 heterocycles. The number of benzene rings is 11. The third-order valence-electron chi connectivity index (χ3n) is 19.7. The van der Waals surface area contributed by atoms with Gasteiger partial charge in [0, 0.05) is 67.6 Å². The van der Waals surface area contributed by atoms with Crippen molar-refractivity contribution in [2.75, 3.05) is 14.7 Å². The Morgan fingerprint density at radius 2 is 0.636 bits per heavy atom. The highest BCUT2D eigenvalue weighted by Crippen LogP contribution is 2.52. The fraction of sp³-hybridized carbons (Fsp3) is 0.195. The number of anilines is 9. The summed E-state index contributed by atoms with van der Waals surface area (Å²) in [6.45, 7) is 28.5. The van der Waals surface area contributed by atoms with E-state index >= 15 is 0 Å². The van der Waals surface area contributed by atoms with Gasteiger partial charge in [0.25, 0.3) is 13.4 Å². The Morgan fingerprint density at radius 1 is 0.261 bits per heavy atom. The largest absolute Gasteiger partial charge is 0.312 e. The molecule has 0 fully saturated rings. The van der Waals surface area contributed by atoms with Crippen LogP contribution in [0.4, 0.5) is 51.2 Å². The van der Waals surface area contributed by atoms with Crippen LogP contribution in [-0.2, 0) is 21.7 Å². The molecule has 0 bridgehead atoms. The van der Waals surface area contributed by atoms with Gasteiger partial charge in [-0.05, 0) is 178 Å². The molecule has 428 valence electrons. The Kier molecular flexibility index (Phi) is 11.8. The number of rotatable bonds is 5. The quantitative estimate of drug-likeness (QED) is 0.160. The fourth-order valence-electron chi connectivity index (χ4n) is 15.0. The molecule has 16 rings (SSSR count). The van der Waals surface area contributed by atoms with Gasteiger partial charge in [-0.15, -0.1) is 0 Å². The van der Waals surface area contributed by atoms with Crippen LogP contribution in [-0.4, -0.2) is 18.0 Å². The molecule has 0 spiro atoms. The molecule has 4 aliphatic rings. The van der Waals surface area contributed by atoms with Gasteiger partial charge in [-0.2, -0.15) is 0 Å². The summed E-state index contributed by atoms with van der Waals surface area (Å²) in [6, 6.07) is 88.6. The first-order valence-corrected chi connectivity index (χ1v) is 31.7. The van der Waals surface area contributed by atoms with Gasteiger partial charge in [0.15, 0.2) is 0 Å². The average molecular weight is 1140 g/mol. The Bertz CT molecular complexity index is 4780. The summed E-state index contributed by atoms with van der Waals surface area (Å²) in [4.78, 5) is 8.01. The summed E-state index contributed by atoms with van der Waals surface area (Å²) in [5.74, 6) is 0. The van der Waals surface area contributed by atoms with E-state index in [0.717, 1.165) is 17.1 Å². The average Bonchev–Trinajstić information content (AvgIpc) is 0.718. The van der Waals surface area contributed by atoms with Crippen molar-refractivity contribution in [3.63, 3.8) is 0 Å². The van der Waals surface area contributed by atoms with Gasteiger partial charge in [0.1, 0.15) is 0 Å². The van der Waals surface area contributed by atoms with E-state index in [4.69, 9.17) is 0 Å². The van der Waals surface area contributed by atoms with Crippen molar-refractivity contribution in [3.05, 3.63) is 253 Å². The lowest BCUT2D eigenvalue weighted by atomic mass is 9.28. The van der Waals surface area contributed by atoms with Crippen LogP contribution < -0.4 is 47.5 Å². The first-order chi connectivity index (χ1) is 42.2. The molecule has 1 aromatic heterocycles. The highest BCUT2D eigenvalue weighted by molar-refractivity contribution is 7.04. The minimum absolute atomic E-state index is 0.0596. The summed E-state index contributed by atoms with van der Waals surface area (Å²) in [6.07, 6.45) is 0. The van der Waals surface area contributed by atoms with Crippen LogP contribution in [0.2, 0.25) is 0 Å². The van der Waals surface area contributed by atoms with Gasteiger partial charge in [0.05, 0.1) is 11.0 Å². The first kappa shape index (κ1) is 54.2. The molecule has 11 aromatic carbocycles. The van der Waals surface area contributed by atoms with Crippen molar-refractivity contribution < 1.29 is 0 Å². The summed E-state index contributed by atoms with van der Waals surface area (Å²) >= 11 is 0. The molecule has 4 nitrogen and oxygen atoms in total. The van der Waals surface area contributed by atoms with E-state index in [0.29, 0.717) is 0 Å². The smallest absolute Gasteiger partial charge is 0.252 e. The second-order valence-electron chi connectivity index (χ2n) is 29.4. The number of aromatic nitrogens is 1. The Balaban J connectivity index is 1.02. The molecule has 0 atom stereocenters. The molecule has 0 amide bonds. The van der Waals surface area contributed by atoms with E-state index in [2.05, 4.69) is 333 Å². The Morgan fingerprint density at radius 3 is 1.10 bits per heavy atom. The van der Waals surface area contributed by atoms with Crippen LogP contribution in [0, 0.1) is 0 Å². The van der Waals surface area contributed by atoms with Gasteiger partial charge in [-0.25, -0.2) is 0 Å². The highest BCUT2D eigenvalue weighted by Gasteiger charge is 2.52. The molecule has 0 unspecified atom stereocenters. The maximum absolute atomic E-state index is 2.77. The zero-order valence-corrected chi connectivity index (χ0v) is 52.9. The molecular formula is C82H74B2N4. The Hall–Kier alpha value is -9.25. The lowest BCUT2D eigenvalue weighted by Crippen LogP contribution is -2.68. The van der Waals surface area contributed by atoms with Crippen LogP contribution in [0.15, 0.2) is 231 Å². The van der Waals surface area contributed by atoms with E-state index in [-0.39, 0.29) is 35.1 Å². The van der Waals surface area contributed by atoms with Crippen molar-refractivity contribution in [3.8, 4) is 27.9 Å².